The Morgan fingerprint density at radius 3 is 2.74 bits per heavy atom. The topological polar surface area (TPSA) is 38.8 Å². The Kier molecular flexibility index (Phi) is 5.88. The van der Waals surface area contributed by atoms with Gasteiger partial charge in [0.15, 0.2) is 0 Å². The number of rotatable bonds is 6. The van der Waals surface area contributed by atoms with Gasteiger partial charge in [-0.25, -0.2) is 0 Å². The molecule has 0 aliphatic carbocycles. The van der Waals surface area contributed by atoms with Crippen molar-refractivity contribution in [3.8, 4) is 0 Å². The normalized spacial score (nSPS) is 31.7. The van der Waals surface area contributed by atoms with Gasteiger partial charge in [0.05, 0.1) is 13.2 Å². The van der Waals surface area contributed by atoms with Crippen LogP contribution in [0, 0.1) is 5.92 Å². The lowest BCUT2D eigenvalue weighted by Gasteiger charge is -2.44. The smallest absolute Gasteiger partial charge is 0.309 e. The van der Waals surface area contributed by atoms with Crippen molar-refractivity contribution in [2.75, 3.05) is 33.0 Å². The minimum absolute atomic E-state index is 0.522. The summed E-state index contributed by atoms with van der Waals surface area (Å²) < 4.78 is 23.1. The Balaban J connectivity index is 1.82. The van der Waals surface area contributed by atoms with Crippen LogP contribution in [0.1, 0.15) is 45.4 Å². The fourth-order valence-electron chi connectivity index (χ4n) is 3.30. The quantitative estimate of drug-likeness (QED) is 0.701. The first-order chi connectivity index (χ1) is 9.12. The lowest BCUT2D eigenvalue weighted by molar-refractivity contribution is 0.0329. The number of nitrogens with zero attached hydrogens (tertiary/aromatic N) is 1. The Hall–Kier alpha value is 0.110. The van der Waals surface area contributed by atoms with Crippen molar-refractivity contribution in [2.24, 2.45) is 5.92 Å². The second kappa shape index (κ2) is 7.21. The van der Waals surface area contributed by atoms with Crippen LogP contribution in [0.2, 0.25) is 0 Å². The van der Waals surface area contributed by atoms with Crippen LogP contribution < -0.4 is 0 Å². The van der Waals surface area contributed by atoms with Crippen LogP contribution in [0.25, 0.3) is 0 Å². The fourth-order valence-corrected chi connectivity index (χ4v) is 4.35. The molecule has 112 valence electrons. The van der Waals surface area contributed by atoms with Crippen LogP contribution >= 0.6 is 7.60 Å². The molecule has 0 N–H and O–H groups in total. The number of hydrogen-bond acceptors (Lipinski definition) is 4. The third-order valence-electron chi connectivity index (χ3n) is 4.28. The van der Waals surface area contributed by atoms with E-state index in [-0.39, 0.29) is 0 Å². The summed E-state index contributed by atoms with van der Waals surface area (Å²) in [6.45, 7) is 7.20. The van der Waals surface area contributed by atoms with Gasteiger partial charge in [0.2, 0.25) is 0 Å². The van der Waals surface area contributed by atoms with Crippen LogP contribution in [-0.2, 0) is 13.6 Å². The summed E-state index contributed by atoms with van der Waals surface area (Å²) >= 11 is 0. The van der Waals surface area contributed by atoms with E-state index in [2.05, 4.69) is 4.90 Å². The zero-order valence-electron chi connectivity index (χ0n) is 12.3. The maximum Gasteiger partial charge on any atom is 0.327 e. The molecule has 3 atom stereocenters. The predicted octanol–water partition coefficient (Wildman–Crippen LogP) is 3.52. The molecule has 2 aliphatic rings. The molecule has 2 heterocycles. The second-order valence-corrected chi connectivity index (χ2v) is 7.96. The number of piperidine rings is 2. The molecule has 2 fully saturated rings. The molecule has 0 aromatic carbocycles. The van der Waals surface area contributed by atoms with Crippen LogP contribution in [0.3, 0.4) is 0 Å². The highest BCUT2D eigenvalue weighted by Crippen LogP contribution is 2.45. The van der Waals surface area contributed by atoms with E-state index in [9.17, 15) is 4.57 Å². The lowest BCUT2D eigenvalue weighted by atomic mass is 9.84. The van der Waals surface area contributed by atoms with Gasteiger partial charge in [0, 0.05) is 12.7 Å². The Morgan fingerprint density at radius 1 is 1.16 bits per heavy atom. The van der Waals surface area contributed by atoms with Gasteiger partial charge in [-0.3, -0.25) is 4.57 Å². The molecule has 4 nitrogen and oxygen atoms in total. The van der Waals surface area contributed by atoms with E-state index in [1.54, 1.807) is 6.66 Å². The maximum absolute atomic E-state index is 12.1. The third-order valence-corrected chi connectivity index (χ3v) is 5.55. The monoisotopic (exact) mass is 289 g/mol. The van der Waals surface area contributed by atoms with Gasteiger partial charge in [-0.2, -0.15) is 0 Å². The van der Waals surface area contributed by atoms with Gasteiger partial charge >= 0.3 is 7.60 Å². The molecule has 19 heavy (non-hydrogen) atoms. The first-order valence-corrected chi connectivity index (χ1v) is 9.72. The molecule has 0 unspecified atom stereocenters. The maximum atomic E-state index is 12.1. The molecule has 0 saturated carbocycles. The van der Waals surface area contributed by atoms with E-state index < -0.39 is 7.60 Å². The summed E-state index contributed by atoms with van der Waals surface area (Å²) in [4.78, 5) is 2.61. The third kappa shape index (κ3) is 4.56. The van der Waals surface area contributed by atoms with Crippen LogP contribution in [0.4, 0.5) is 0 Å². The van der Waals surface area contributed by atoms with E-state index in [4.69, 9.17) is 9.05 Å². The van der Waals surface area contributed by atoms with Crippen molar-refractivity contribution in [1.82, 2.24) is 4.90 Å². The largest absolute Gasteiger partial charge is 0.327 e. The van der Waals surface area contributed by atoms with E-state index in [1.807, 2.05) is 6.92 Å². The standard InChI is InChI=1S/C14H28NO3P/c1-3-11-17-19(2,16)18-12-13-7-6-10-15-9-5-4-8-14(13)15/h13-14H,3-12H2,1-2H3/t13-,14-,19+/m0/s1. The molecule has 0 spiro atoms. The van der Waals surface area contributed by atoms with E-state index >= 15 is 0 Å². The van der Waals surface area contributed by atoms with Crippen molar-refractivity contribution in [1.29, 1.82) is 0 Å². The van der Waals surface area contributed by atoms with Crippen molar-refractivity contribution in [3.05, 3.63) is 0 Å². The van der Waals surface area contributed by atoms with E-state index in [0.29, 0.717) is 25.2 Å². The molecule has 2 saturated heterocycles. The van der Waals surface area contributed by atoms with Gasteiger partial charge in [-0.05, 0) is 51.1 Å². The molecule has 0 aromatic rings. The Bertz CT molecular complexity index is 322. The fraction of sp³-hybridized carbons (Fsp3) is 1.00. The van der Waals surface area contributed by atoms with Crippen molar-refractivity contribution in [2.45, 2.75) is 51.5 Å². The number of hydrogen-bond donors (Lipinski definition) is 0. The second-order valence-electron chi connectivity index (χ2n) is 5.90. The first-order valence-electron chi connectivity index (χ1n) is 7.73. The summed E-state index contributed by atoms with van der Waals surface area (Å²) in [5.74, 6) is 0.535. The Morgan fingerprint density at radius 2 is 1.95 bits per heavy atom. The Labute approximate surface area is 117 Å². The molecule has 0 bridgehead atoms. The summed E-state index contributed by atoms with van der Waals surface area (Å²) in [7, 11) is -2.84. The summed E-state index contributed by atoms with van der Waals surface area (Å²) in [5, 5.41) is 0. The predicted molar refractivity (Wildman–Crippen MR) is 77.7 cm³/mol. The summed E-state index contributed by atoms with van der Waals surface area (Å²) in [6, 6.07) is 0.647. The van der Waals surface area contributed by atoms with Gasteiger partial charge in [-0.15, -0.1) is 0 Å². The summed E-state index contributed by atoms with van der Waals surface area (Å²) in [6.07, 6.45) is 7.26. The van der Waals surface area contributed by atoms with Gasteiger partial charge in [0.1, 0.15) is 0 Å². The molecular formula is C14H28NO3P. The highest BCUT2D eigenvalue weighted by molar-refractivity contribution is 7.52. The summed E-state index contributed by atoms with van der Waals surface area (Å²) in [5.41, 5.74) is 0. The molecule has 0 aromatic heterocycles. The lowest BCUT2D eigenvalue weighted by Crippen LogP contribution is -2.49. The van der Waals surface area contributed by atoms with Crippen molar-refractivity contribution >= 4 is 7.60 Å². The first kappa shape index (κ1) is 15.5. The average Bonchev–Trinajstić information content (AvgIpc) is 2.43. The molecule has 2 aliphatic heterocycles. The zero-order chi connectivity index (χ0) is 13.7. The molecule has 2 rings (SSSR count). The molecule has 0 amide bonds. The minimum atomic E-state index is -2.84. The highest BCUT2D eigenvalue weighted by atomic mass is 31.2. The molecular weight excluding hydrogens is 261 g/mol. The van der Waals surface area contributed by atoms with Gasteiger partial charge < -0.3 is 13.9 Å². The molecule has 0 radical (unpaired) electrons. The molecule has 5 heteroatoms. The highest BCUT2D eigenvalue weighted by Gasteiger charge is 2.34. The van der Waals surface area contributed by atoms with Crippen LogP contribution in [0.15, 0.2) is 0 Å². The van der Waals surface area contributed by atoms with Gasteiger partial charge in [0.25, 0.3) is 0 Å². The van der Waals surface area contributed by atoms with Crippen LogP contribution in [-0.4, -0.2) is 43.9 Å². The SMILES string of the molecule is CCCO[P@@](C)(=O)OC[C@@H]1CCCN2CCCC[C@@H]12. The minimum Gasteiger partial charge on any atom is -0.309 e. The van der Waals surface area contributed by atoms with E-state index in [1.165, 1.54) is 45.2 Å². The van der Waals surface area contributed by atoms with Crippen molar-refractivity contribution < 1.29 is 13.6 Å². The van der Waals surface area contributed by atoms with Crippen LogP contribution in [0.5, 0.6) is 0 Å². The van der Waals surface area contributed by atoms with Crippen molar-refractivity contribution in [3.63, 3.8) is 0 Å². The van der Waals surface area contributed by atoms with E-state index in [0.717, 1.165) is 6.42 Å². The zero-order valence-corrected chi connectivity index (χ0v) is 13.2. The average molecular weight is 289 g/mol. The van der Waals surface area contributed by atoms with Gasteiger partial charge in [-0.1, -0.05) is 13.3 Å². The number of fused-ring (bicyclic) bond motifs is 1.